The molecule has 0 atom stereocenters. The first kappa shape index (κ1) is 10.6. The number of ether oxygens (including phenoxy) is 1. The first-order chi connectivity index (χ1) is 7.72. The van der Waals surface area contributed by atoms with Crippen LogP contribution in [0.25, 0.3) is 10.6 Å². The van der Waals surface area contributed by atoms with Crippen LogP contribution in [0.4, 0.5) is 0 Å². The molecule has 0 aliphatic carbocycles. The molecule has 0 aromatic carbocycles. The second-order valence-electron chi connectivity index (χ2n) is 2.96. The number of aromatic nitrogens is 2. The van der Waals surface area contributed by atoms with Crippen molar-refractivity contribution in [1.82, 2.24) is 9.97 Å². The topological polar surface area (TPSA) is 78.1 Å². The number of rotatable bonds is 3. The van der Waals surface area contributed by atoms with Crippen molar-refractivity contribution < 1.29 is 9.53 Å². The van der Waals surface area contributed by atoms with E-state index in [9.17, 15) is 4.79 Å². The van der Waals surface area contributed by atoms with Gasteiger partial charge in [-0.25, -0.2) is 9.97 Å². The van der Waals surface area contributed by atoms with E-state index in [0.29, 0.717) is 10.9 Å². The Balaban J connectivity index is 2.46. The second-order valence-corrected chi connectivity index (χ2v) is 3.82. The smallest absolute Gasteiger partial charge is 0.268 e. The molecule has 82 valence electrons. The normalized spacial score (nSPS) is 10.1. The lowest BCUT2D eigenvalue weighted by atomic mass is 10.3. The number of thiazole rings is 1. The molecule has 0 unspecified atom stereocenters. The summed E-state index contributed by atoms with van der Waals surface area (Å²) in [6.07, 6.45) is 1.63. The molecular formula is C10H9N3O2S. The van der Waals surface area contributed by atoms with Gasteiger partial charge in [0.1, 0.15) is 10.7 Å². The van der Waals surface area contributed by atoms with Crippen LogP contribution < -0.4 is 10.5 Å². The minimum Gasteiger partial charge on any atom is -0.480 e. The summed E-state index contributed by atoms with van der Waals surface area (Å²) in [5.74, 6) is -0.0572. The highest BCUT2D eigenvalue weighted by Crippen LogP contribution is 2.29. The van der Waals surface area contributed by atoms with Gasteiger partial charge >= 0.3 is 0 Å². The Kier molecular flexibility index (Phi) is 2.82. The molecule has 6 heteroatoms. The number of amides is 1. The van der Waals surface area contributed by atoms with Crippen molar-refractivity contribution in [2.45, 2.75) is 0 Å². The lowest BCUT2D eigenvalue weighted by Crippen LogP contribution is -2.10. The Morgan fingerprint density at radius 2 is 2.38 bits per heavy atom. The van der Waals surface area contributed by atoms with Crippen LogP contribution in [0.2, 0.25) is 0 Å². The third kappa shape index (κ3) is 1.87. The number of nitrogens with two attached hydrogens (primary N) is 1. The van der Waals surface area contributed by atoms with Crippen LogP contribution >= 0.6 is 11.3 Å². The Morgan fingerprint density at radius 1 is 1.56 bits per heavy atom. The molecule has 2 rings (SSSR count). The van der Waals surface area contributed by atoms with Crippen LogP contribution in [0.3, 0.4) is 0 Å². The van der Waals surface area contributed by atoms with Crippen molar-refractivity contribution >= 4 is 17.2 Å². The fourth-order valence-corrected chi connectivity index (χ4v) is 2.05. The van der Waals surface area contributed by atoms with E-state index in [2.05, 4.69) is 9.97 Å². The SMILES string of the molecule is COc1ncccc1-c1nc(C(N)=O)cs1. The van der Waals surface area contributed by atoms with Gasteiger partial charge in [-0.3, -0.25) is 4.79 Å². The zero-order valence-corrected chi connectivity index (χ0v) is 9.32. The van der Waals surface area contributed by atoms with Crippen LogP contribution in [-0.4, -0.2) is 23.0 Å². The van der Waals surface area contributed by atoms with Crippen molar-refractivity contribution in [3.05, 3.63) is 29.4 Å². The van der Waals surface area contributed by atoms with Crippen molar-refractivity contribution in [2.75, 3.05) is 7.11 Å². The van der Waals surface area contributed by atoms with Gasteiger partial charge in [-0.1, -0.05) is 0 Å². The van der Waals surface area contributed by atoms with E-state index in [1.807, 2.05) is 6.07 Å². The zero-order valence-electron chi connectivity index (χ0n) is 8.51. The van der Waals surface area contributed by atoms with E-state index in [-0.39, 0.29) is 5.69 Å². The standard InChI is InChI=1S/C10H9N3O2S/c1-15-9-6(3-2-4-12-9)10-13-7(5-16-10)8(11)14/h2-5H,1H3,(H2,11,14). The minimum absolute atomic E-state index is 0.255. The fourth-order valence-electron chi connectivity index (χ4n) is 1.23. The van der Waals surface area contributed by atoms with Gasteiger partial charge in [-0.2, -0.15) is 0 Å². The van der Waals surface area contributed by atoms with Crippen LogP contribution in [0.1, 0.15) is 10.5 Å². The summed E-state index contributed by atoms with van der Waals surface area (Å²) in [5.41, 5.74) is 6.14. The molecule has 5 nitrogen and oxygen atoms in total. The number of hydrogen-bond donors (Lipinski definition) is 1. The monoisotopic (exact) mass is 235 g/mol. The summed E-state index contributed by atoms with van der Waals surface area (Å²) in [5, 5.41) is 2.28. The quantitative estimate of drug-likeness (QED) is 0.870. The molecule has 1 amide bonds. The predicted octanol–water partition coefficient (Wildman–Crippen LogP) is 1.31. The predicted molar refractivity (Wildman–Crippen MR) is 60.4 cm³/mol. The summed E-state index contributed by atoms with van der Waals surface area (Å²) in [6, 6.07) is 3.61. The third-order valence-corrected chi connectivity index (χ3v) is 2.83. The molecular weight excluding hydrogens is 226 g/mol. The molecule has 0 saturated carbocycles. The molecule has 0 bridgehead atoms. The number of carbonyl (C=O) groups excluding carboxylic acids is 1. The highest BCUT2D eigenvalue weighted by Gasteiger charge is 2.12. The van der Waals surface area contributed by atoms with E-state index in [4.69, 9.17) is 10.5 Å². The maximum atomic E-state index is 10.9. The molecule has 0 fully saturated rings. The molecule has 2 heterocycles. The Morgan fingerprint density at radius 3 is 3.00 bits per heavy atom. The highest BCUT2D eigenvalue weighted by molar-refractivity contribution is 7.13. The van der Waals surface area contributed by atoms with Gasteiger partial charge < -0.3 is 10.5 Å². The average Bonchev–Trinajstić information content (AvgIpc) is 2.78. The van der Waals surface area contributed by atoms with Crippen LogP contribution in [0, 0.1) is 0 Å². The maximum absolute atomic E-state index is 10.9. The third-order valence-electron chi connectivity index (χ3n) is 1.95. The van der Waals surface area contributed by atoms with Crippen LogP contribution in [0.15, 0.2) is 23.7 Å². The van der Waals surface area contributed by atoms with Gasteiger partial charge in [-0.05, 0) is 12.1 Å². The summed E-state index contributed by atoms with van der Waals surface area (Å²) >= 11 is 1.33. The number of primary amides is 1. The molecule has 2 aromatic heterocycles. The number of methoxy groups -OCH3 is 1. The summed E-state index contributed by atoms with van der Waals surface area (Å²) < 4.78 is 5.11. The fraction of sp³-hybridized carbons (Fsp3) is 0.100. The van der Waals surface area contributed by atoms with E-state index in [0.717, 1.165) is 5.56 Å². The Hall–Kier alpha value is -1.95. The largest absolute Gasteiger partial charge is 0.480 e. The molecule has 0 radical (unpaired) electrons. The van der Waals surface area contributed by atoms with Gasteiger partial charge in [0, 0.05) is 11.6 Å². The zero-order chi connectivity index (χ0) is 11.5. The molecule has 0 spiro atoms. The number of hydrogen-bond acceptors (Lipinski definition) is 5. The van der Waals surface area contributed by atoms with Crippen LogP contribution in [-0.2, 0) is 0 Å². The van der Waals surface area contributed by atoms with E-state index >= 15 is 0 Å². The van der Waals surface area contributed by atoms with Gasteiger partial charge in [0.2, 0.25) is 5.88 Å². The summed E-state index contributed by atoms with van der Waals surface area (Å²) in [6.45, 7) is 0. The molecule has 16 heavy (non-hydrogen) atoms. The Labute approximate surface area is 95.9 Å². The number of nitrogens with zero attached hydrogens (tertiary/aromatic N) is 2. The first-order valence-electron chi connectivity index (χ1n) is 4.47. The van der Waals surface area contributed by atoms with E-state index in [1.54, 1.807) is 17.6 Å². The van der Waals surface area contributed by atoms with Crippen LogP contribution in [0.5, 0.6) is 5.88 Å². The maximum Gasteiger partial charge on any atom is 0.268 e. The highest BCUT2D eigenvalue weighted by atomic mass is 32.1. The van der Waals surface area contributed by atoms with E-state index < -0.39 is 5.91 Å². The molecule has 2 aromatic rings. The minimum atomic E-state index is -0.537. The van der Waals surface area contributed by atoms with Crippen molar-refractivity contribution in [2.24, 2.45) is 5.73 Å². The lowest BCUT2D eigenvalue weighted by Gasteiger charge is -2.02. The molecule has 0 aliphatic heterocycles. The van der Waals surface area contributed by atoms with Crippen molar-refractivity contribution in [1.29, 1.82) is 0 Å². The van der Waals surface area contributed by atoms with Crippen molar-refractivity contribution in [3.63, 3.8) is 0 Å². The van der Waals surface area contributed by atoms with Gasteiger partial charge in [-0.15, -0.1) is 11.3 Å². The van der Waals surface area contributed by atoms with Gasteiger partial charge in [0.15, 0.2) is 0 Å². The first-order valence-corrected chi connectivity index (χ1v) is 5.35. The summed E-state index contributed by atoms with van der Waals surface area (Å²) in [4.78, 5) is 19.1. The van der Waals surface area contributed by atoms with Gasteiger partial charge in [0.25, 0.3) is 5.91 Å². The lowest BCUT2D eigenvalue weighted by molar-refractivity contribution is 0.0996. The average molecular weight is 235 g/mol. The van der Waals surface area contributed by atoms with E-state index in [1.165, 1.54) is 18.4 Å². The number of pyridine rings is 1. The van der Waals surface area contributed by atoms with Crippen molar-refractivity contribution in [3.8, 4) is 16.5 Å². The molecule has 0 saturated heterocycles. The number of carbonyl (C=O) groups is 1. The molecule has 2 N–H and O–H groups in total. The van der Waals surface area contributed by atoms with Gasteiger partial charge in [0.05, 0.1) is 12.7 Å². The second kappa shape index (κ2) is 4.28. The summed E-state index contributed by atoms with van der Waals surface area (Å²) in [7, 11) is 1.54. The molecule has 0 aliphatic rings. The Bertz CT molecular complexity index is 524.